The first-order chi connectivity index (χ1) is 5.29. The summed E-state index contributed by atoms with van der Waals surface area (Å²) in [5.74, 6) is 0. The van der Waals surface area contributed by atoms with E-state index in [4.69, 9.17) is 17.3 Å². The van der Waals surface area contributed by atoms with Crippen LogP contribution in [-0.4, -0.2) is 10.2 Å². The number of nitrogens with two attached hydrogens (primary N) is 1. The minimum atomic E-state index is 0.498. The smallest absolute Gasteiger partial charge is 0.134 e. The zero-order valence-corrected chi connectivity index (χ0v) is 6.39. The van der Waals surface area contributed by atoms with E-state index in [1.54, 1.807) is 6.07 Å². The number of aromatic nitrogens is 2. The van der Waals surface area contributed by atoms with Crippen molar-refractivity contribution < 1.29 is 0 Å². The van der Waals surface area contributed by atoms with Crippen molar-refractivity contribution in [1.82, 2.24) is 10.2 Å². The van der Waals surface area contributed by atoms with Crippen LogP contribution < -0.4 is 5.73 Å². The molecule has 0 saturated carbocycles. The fourth-order valence-electron chi connectivity index (χ4n) is 1.06. The van der Waals surface area contributed by atoms with Gasteiger partial charge in [0, 0.05) is 5.69 Å². The van der Waals surface area contributed by atoms with Gasteiger partial charge in [-0.25, -0.2) is 0 Å². The van der Waals surface area contributed by atoms with Crippen LogP contribution in [0.2, 0.25) is 5.15 Å². The normalized spacial score (nSPS) is 10.6. The first-order valence-corrected chi connectivity index (χ1v) is 3.55. The van der Waals surface area contributed by atoms with E-state index in [0.717, 1.165) is 10.9 Å². The highest BCUT2D eigenvalue weighted by molar-refractivity contribution is 6.35. The number of hydrogen-bond donors (Lipinski definition) is 2. The Labute approximate surface area is 68.2 Å². The highest BCUT2D eigenvalue weighted by Gasteiger charge is 2.04. The SMILES string of the molecule is Nc1cccc2n[nH]c(Cl)c12. The molecule has 0 bridgehead atoms. The maximum Gasteiger partial charge on any atom is 0.134 e. The van der Waals surface area contributed by atoms with E-state index >= 15 is 0 Å². The summed E-state index contributed by atoms with van der Waals surface area (Å²) in [7, 11) is 0. The Morgan fingerprint density at radius 3 is 3.00 bits per heavy atom. The fraction of sp³-hybridized carbons (Fsp3) is 0. The van der Waals surface area contributed by atoms with Crippen LogP contribution in [0.5, 0.6) is 0 Å². The van der Waals surface area contributed by atoms with Crippen molar-refractivity contribution in [3.8, 4) is 0 Å². The number of fused-ring (bicyclic) bond motifs is 1. The van der Waals surface area contributed by atoms with E-state index in [9.17, 15) is 0 Å². The molecule has 0 fully saturated rings. The van der Waals surface area contributed by atoms with Crippen molar-refractivity contribution in [2.75, 3.05) is 5.73 Å². The van der Waals surface area contributed by atoms with Crippen molar-refractivity contribution in [1.29, 1.82) is 0 Å². The number of benzene rings is 1. The van der Waals surface area contributed by atoms with Crippen LogP contribution in [0.15, 0.2) is 18.2 Å². The van der Waals surface area contributed by atoms with Gasteiger partial charge in [-0.1, -0.05) is 17.7 Å². The molecule has 1 heterocycles. The molecule has 0 unspecified atom stereocenters. The molecule has 56 valence electrons. The van der Waals surface area contributed by atoms with Crippen molar-refractivity contribution in [2.24, 2.45) is 0 Å². The number of nitrogens with zero attached hydrogens (tertiary/aromatic N) is 1. The van der Waals surface area contributed by atoms with E-state index in [1.807, 2.05) is 12.1 Å². The lowest BCUT2D eigenvalue weighted by atomic mass is 10.2. The molecule has 1 aromatic heterocycles. The lowest BCUT2D eigenvalue weighted by Crippen LogP contribution is -1.83. The largest absolute Gasteiger partial charge is 0.398 e. The topological polar surface area (TPSA) is 54.7 Å². The number of halogens is 1. The number of anilines is 1. The van der Waals surface area contributed by atoms with Gasteiger partial charge in [0.15, 0.2) is 0 Å². The van der Waals surface area contributed by atoms with Gasteiger partial charge in [-0.3, -0.25) is 5.10 Å². The second kappa shape index (κ2) is 2.13. The van der Waals surface area contributed by atoms with E-state index in [2.05, 4.69) is 10.2 Å². The molecule has 0 radical (unpaired) electrons. The molecule has 11 heavy (non-hydrogen) atoms. The average molecular weight is 168 g/mol. The summed E-state index contributed by atoms with van der Waals surface area (Å²) in [6.07, 6.45) is 0. The number of rotatable bonds is 0. The lowest BCUT2D eigenvalue weighted by molar-refractivity contribution is 1.12. The van der Waals surface area contributed by atoms with Crippen LogP contribution in [0.4, 0.5) is 5.69 Å². The lowest BCUT2D eigenvalue weighted by Gasteiger charge is -1.92. The molecule has 0 amide bonds. The summed E-state index contributed by atoms with van der Waals surface area (Å²) >= 11 is 5.78. The minimum Gasteiger partial charge on any atom is -0.398 e. The van der Waals surface area contributed by atoms with Crippen LogP contribution in [0.3, 0.4) is 0 Å². The zero-order valence-electron chi connectivity index (χ0n) is 5.63. The fourth-order valence-corrected chi connectivity index (χ4v) is 1.30. The molecular weight excluding hydrogens is 162 g/mol. The van der Waals surface area contributed by atoms with Gasteiger partial charge in [-0.15, -0.1) is 0 Å². The molecular formula is C7H6ClN3. The van der Waals surface area contributed by atoms with Gasteiger partial charge in [0.25, 0.3) is 0 Å². The quantitative estimate of drug-likeness (QED) is 0.588. The molecule has 2 rings (SSSR count). The molecule has 3 N–H and O–H groups in total. The second-order valence-corrected chi connectivity index (χ2v) is 2.66. The average Bonchev–Trinajstić information content (AvgIpc) is 2.34. The van der Waals surface area contributed by atoms with Gasteiger partial charge in [-0.05, 0) is 12.1 Å². The maximum atomic E-state index is 5.78. The first kappa shape index (κ1) is 6.49. The predicted molar refractivity (Wildman–Crippen MR) is 45.5 cm³/mol. The maximum absolute atomic E-state index is 5.78. The van der Waals surface area contributed by atoms with Crippen LogP contribution in [0, 0.1) is 0 Å². The molecule has 0 atom stereocenters. The summed E-state index contributed by atoms with van der Waals surface area (Å²) < 4.78 is 0. The number of aromatic amines is 1. The van der Waals surface area contributed by atoms with Crippen molar-refractivity contribution >= 4 is 28.2 Å². The Kier molecular flexibility index (Phi) is 1.26. The van der Waals surface area contributed by atoms with E-state index in [-0.39, 0.29) is 0 Å². The van der Waals surface area contributed by atoms with E-state index in [0.29, 0.717) is 10.8 Å². The molecule has 3 nitrogen and oxygen atoms in total. The van der Waals surface area contributed by atoms with E-state index < -0.39 is 0 Å². The summed E-state index contributed by atoms with van der Waals surface area (Å²) in [5.41, 5.74) is 7.11. The second-order valence-electron chi connectivity index (χ2n) is 2.28. The number of hydrogen-bond acceptors (Lipinski definition) is 2. The molecule has 0 saturated heterocycles. The van der Waals surface area contributed by atoms with Crippen molar-refractivity contribution in [3.05, 3.63) is 23.4 Å². The van der Waals surface area contributed by atoms with Crippen LogP contribution >= 0.6 is 11.6 Å². The molecule has 0 aliphatic heterocycles. The third-order valence-electron chi connectivity index (χ3n) is 1.57. The Morgan fingerprint density at radius 2 is 2.27 bits per heavy atom. The van der Waals surface area contributed by atoms with Gasteiger partial charge >= 0.3 is 0 Å². The number of nitrogens with one attached hydrogen (secondary N) is 1. The highest BCUT2D eigenvalue weighted by Crippen LogP contribution is 2.25. The summed E-state index contributed by atoms with van der Waals surface area (Å²) in [6.45, 7) is 0. The molecule has 1 aromatic carbocycles. The predicted octanol–water partition coefficient (Wildman–Crippen LogP) is 1.80. The number of nitrogen functional groups attached to an aromatic ring is 1. The minimum absolute atomic E-state index is 0.498. The monoisotopic (exact) mass is 167 g/mol. The molecule has 0 aliphatic rings. The molecule has 4 heteroatoms. The van der Waals surface area contributed by atoms with Crippen molar-refractivity contribution in [2.45, 2.75) is 0 Å². The van der Waals surface area contributed by atoms with Gasteiger partial charge in [-0.2, -0.15) is 5.10 Å². The molecule has 0 aliphatic carbocycles. The van der Waals surface area contributed by atoms with Crippen LogP contribution in [0.1, 0.15) is 0 Å². The third-order valence-corrected chi connectivity index (χ3v) is 1.84. The zero-order chi connectivity index (χ0) is 7.84. The summed E-state index contributed by atoms with van der Waals surface area (Å²) in [5, 5.41) is 7.89. The standard InChI is InChI=1S/C7H6ClN3/c8-7-6-4(9)2-1-3-5(6)10-11-7/h1-3H,9H2,(H,10,11). The van der Waals surface area contributed by atoms with Crippen LogP contribution in [0.25, 0.3) is 10.9 Å². The Balaban J connectivity index is 2.96. The number of H-pyrrole nitrogens is 1. The van der Waals surface area contributed by atoms with Gasteiger partial charge in [0.1, 0.15) is 5.15 Å². The first-order valence-electron chi connectivity index (χ1n) is 3.17. The third kappa shape index (κ3) is 0.851. The Bertz CT molecular complexity index is 393. The summed E-state index contributed by atoms with van der Waals surface area (Å²) in [4.78, 5) is 0. The van der Waals surface area contributed by atoms with E-state index in [1.165, 1.54) is 0 Å². The molecule has 0 spiro atoms. The Hall–Kier alpha value is -1.22. The van der Waals surface area contributed by atoms with Gasteiger partial charge in [0.2, 0.25) is 0 Å². The van der Waals surface area contributed by atoms with Crippen molar-refractivity contribution in [3.63, 3.8) is 0 Å². The van der Waals surface area contributed by atoms with Crippen LogP contribution in [-0.2, 0) is 0 Å². The highest BCUT2D eigenvalue weighted by atomic mass is 35.5. The molecule has 2 aromatic rings. The van der Waals surface area contributed by atoms with Gasteiger partial charge < -0.3 is 5.73 Å². The Morgan fingerprint density at radius 1 is 1.45 bits per heavy atom. The van der Waals surface area contributed by atoms with Gasteiger partial charge in [0.05, 0.1) is 10.9 Å². The summed E-state index contributed by atoms with van der Waals surface area (Å²) in [6, 6.07) is 5.49.